The lowest BCUT2D eigenvalue weighted by Gasteiger charge is -2.14. The van der Waals surface area contributed by atoms with E-state index in [-0.39, 0.29) is 28.9 Å². The van der Waals surface area contributed by atoms with E-state index in [1.54, 1.807) is 0 Å². The molecule has 2 nitrogen and oxygen atoms in total. The highest BCUT2D eigenvalue weighted by Crippen LogP contribution is 2.60. The molecule has 0 aromatic carbocycles. The molecule has 23 heavy (non-hydrogen) atoms. The average molecular weight is 328 g/mol. The molecule has 0 aromatic rings. The van der Waals surface area contributed by atoms with Gasteiger partial charge in [-0.2, -0.15) is 13.2 Å². The largest absolute Gasteiger partial charge is 0.444 e. The van der Waals surface area contributed by atoms with Crippen molar-refractivity contribution in [2.24, 2.45) is 17.3 Å². The highest BCUT2D eigenvalue weighted by atomic mass is 19.4. The summed E-state index contributed by atoms with van der Waals surface area (Å²) in [4.78, 5) is 12.3. The van der Waals surface area contributed by atoms with Gasteiger partial charge in [-0.25, -0.2) is 0 Å². The van der Waals surface area contributed by atoms with Crippen LogP contribution in [-0.4, -0.2) is 18.2 Å². The van der Waals surface area contributed by atoms with E-state index in [0.29, 0.717) is 0 Å². The molecule has 3 atom stereocenters. The molecule has 1 fully saturated rings. The van der Waals surface area contributed by atoms with Gasteiger partial charge in [-0.15, -0.1) is 5.92 Å². The Labute approximate surface area is 135 Å². The van der Waals surface area contributed by atoms with Crippen molar-refractivity contribution in [1.29, 1.82) is 0 Å². The van der Waals surface area contributed by atoms with Gasteiger partial charge < -0.3 is 4.74 Å². The van der Waals surface area contributed by atoms with Gasteiger partial charge in [0.1, 0.15) is 0 Å². The van der Waals surface area contributed by atoms with E-state index >= 15 is 0 Å². The second-order valence-corrected chi connectivity index (χ2v) is 6.71. The van der Waals surface area contributed by atoms with E-state index in [1.807, 2.05) is 33.8 Å². The van der Waals surface area contributed by atoms with Crippen LogP contribution in [0.25, 0.3) is 0 Å². The minimum atomic E-state index is -4.46. The molecule has 0 N–H and O–H groups in total. The van der Waals surface area contributed by atoms with Gasteiger partial charge in [0.2, 0.25) is 0 Å². The smallest absolute Gasteiger partial charge is 0.409 e. The van der Waals surface area contributed by atoms with Crippen LogP contribution in [0.3, 0.4) is 0 Å². The Morgan fingerprint density at radius 3 is 2.26 bits per heavy atom. The first kappa shape index (κ1) is 19.3. The van der Waals surface area contributed by atoms with Gasteiger partial charge in [-0.1, -0.05) is 31.4 Å². The quantitative estimate of drug-likeness (QED) is 0.426. The first-order valence-corrected chi connectivity index (χ1v) is 7.44. The van der Waals surface area contributed by atoms with Crippen molar-refractivity contribution < 1.29 is 22.7 Å². The second kappa shape index (κ2) is 6.82. The standard InChI is InChI=1S/C18H23F3O2/c1-7-8-14(12(4)10-18(19,20)21)23-16(22)15-13(9-11(2)3)17(15,5)6/h9-10,13-15H,1-6H3/b12-10+. The van der Waals surface area contributed by atoms with Gasteiger partial charge in [0, 0.05) is 6.08 Å². The lowest BCUT2D eigenvalue weighted by atomic mass is 10.1. The number of esters is 1. The van der Waals surface area contributed by atoms with Crippen LogP contribution in [0.1, 0.15) is 41.5 Å². The van der Waals surface area contributed by atoms with Crippen molar-refractivity contribution in [2.45, 2.75) is 53.8 Å². The zero-order chi connectivity index (χ0) is 18.0. The van der Waals surface area contributed by atoms with Gasteiger partial charge in [0.15, 0.2) is 6.10 Å². The van der Waals surface area contributed by atoms with Crippen LogP contribution in [0.4, 0.5) is 13.2 Å². The molecule has 0 amide bonds. The van der Waals surface area contributed by atoms with Crippen molar-refractivity contribution >= 4 is 5.97 Å². The number of alkyl halides is 3. The Morgan fingerprint density at radius 2 is 1.83 bits per heavy atom. The molecule has 0 heterocycles. The van der Waals surface area contributed by atoms with Crippen LogP contribution in [0.5, 0.6) is 0 Å². The number of ether oxygens (including phenoxy) is 1. The normalized spacial score (nSPS) is 24.1. The molecule has 0 radical (unpaired) electrons. The number of carbonyl (C=O) groups excluding carboxylic acids is 1. The molecule has 0 bridgehead atoms. The van der Waals surface area contributed by atoms with Crippen LogP contribution < -0.4 is 0 Å². The van der Waals surface area contributed by atoms with Crippen LogP contribution >= 0.6 is 0 Å². The van der Waals surface area contributed by atoms with Gasteiger partial charge >= 0.3 is 12.1 Å². The fourth-order valence-corrected chi connectivity index (χ4v) is 2.69. The van der Waals surface area contributed by atoms with E-state index in [2.05, 4.69) is 11.8 Å². The molecule has 5 heteroatoms. The fourth-order valence-electron chi connectivity index (χ4n) is 2.69. The van der Waals surface area contributed by atoms with Crippen molar-refractivity contribution in [3.63, 3.8) is 0 Å². The number of hydrogen-bond acceptors (Lipinski definition) is 2. The van der Waals surface area contributed by atoms with E-state index in [0.717, 1.165) is 5.57 Å². The first-order chi connectivity index (χ1) is 10.4. The predicted molar refractivity (Wildman–Crippen MR) is 83.3 cm³/mol. The summed E-state index contributed by atoms with van der Waals surface area (Å²) in [6.45, 7) is 10.5. The summed E-state index contributed by atoms with van der Waals surface area (Å²) >= 11 is 0. The van der Waals surface area contributed by atoms with Gasteiger partial charge in [0.05, 0.1) is 5.92 Å². The van der Waals surface area contributed by atoms with E-state index in [9.17, 15) is 18.0 Å². The van der Waals surface area contributed by atoms with E-state index in [4.69, 9.17) is 4.74 Å². The van der Waals surface area contributed by atoms with Crippen LogP contribution in [0.2, 0.25) is 0 Å². The Kier molecular flexibility index (Phi) is 5.74. The van der Waals surface area contributed by atoms with Crippen LogP contribution in [0, 0.1) is 29.1 Å². The maximum absolute atomic E-state index is 12.5. The molecule has 0 aliphatic heterocycles. The molecule has 1 saturated carbocycles. The summed E-state index contributed by atoms with van der Waals surface area (Å²) in [6, 6.07) is 0. The molecule has 1 aliphatic rings. The summed E-state index contributed by atoms with van der Waals surface area (Å²) in [5.41, 5.74) is 0.717. The number of carbonyl (C=O) groups is 1. The minimum Gasteiger partial charge on any atom is -0.444 e. The third kappa shape index (κ3) is 5.16. The summed E-state index contributed by atoms with van der Waals surface area (Å²) in [7, 11) is 0. The minimum absolute atomic E-state index is 0.0436. The highest BCUT2D eigenvalue weighted by Gasteiger charge is 2.61. The number of hydrogen-bond donors (Lipinski definition) is 0. The maximum Gasteiger partial charge on any atom is 0.409 e. The molecule has 0 aromatic heterocycles. The van der Waals surface area contributed by atoms with Gasteiger partial charge in [-0.3, -0.25) is 4.79 Å². The SMILES string of the molecule is CC#CC(OC(=O)C1C(C=C(C)C)C1(C)C)/C(C)=C/C(F)(F)F. The lowest BCUT2D eigenvalue weighted by Crippen LogP contribution is -2.22. The number of halogens is 3. The summed E-state index contributed by atoms with van der Waals surface area (Å²) < 4.78 is 42.7. The monoisotopic (exact) mass is 328 g/mol. The van der Waals surface area contributed by atoms with Crippen molar-refractivity contribution in [2.75, 3.05) is 0 Å². The summed E-state index contributed by atoms with van der Waals surface area (Å²) in [6.07, 6.45) is -3.50. The maximum atomic E-state index is 12.5. The highest BCUT2D eigenvalue weighted by molar-refractivity contribution is 5.79. The third-order valence-corrected chi connectivity index (χ3v) is 3.99. The van der Waals surface area contributed by atoms with Gasteiger partial charge in [-0.05, 0) is 44.6 Å². The Morgan fingerprint density at radius 1 is 1.26 bits per heavy atom. The number of rotatable bonds is 4. The van der Waals surface area contributed by atoms with Gasteiger partial charge in [0.25, 0.3) is 0 Å². The third-order valence-electron chi connectivity index (χ3n) is 3.99. The van der Waals surface area contributed by atoms with E-state index in [1.165, 1.54) is 13.8 Å². The molecular weight excluding hydrogens is 305 g/mol. The van der Waals surface area contributed by atoms with Crippen molar-refractivity contribution in [1.82, 2.24) is 0 Å². The lowest BCUT2D eigenvalue weighted by molar-refractivity contribution is -0.148. The zero-order valence-electron chi connectivity index (χ0n) is 14.3. The van der Waals surface area contributed by atoms with Crippen molar-refractivity contribution in [3.05, 3.63) is 23.3 Å². The molecule has 0 spiro atoms. The Balaban J connectivity index is 2.90. The fraction of sp³-hybridized carbons (Fsp3) is 0.611. The second-order valence-electron chi connectivity index (χ2n) is 6.71. The average Bonchev–Trinajstić information content (AvgIpc) is 2.87. The number of allylic oxidation sites excluding steroid dienone is 3. The van der Waals surface area contributed by atoms with E-state index < -0.39 is 18.2 Å². The summed E-state index contributed by atoms with van der Waals surface area (Å²) in [5.74, 6) is 4.23. The Bertz CT molecular complexity index is 582. The molecular formula is C18H23F3O2. The molecule has 0 saturated heterocycles. The topological polar surface area (TPSA) is 26.3 Å². The Hall–Kier alpha value is -1.70. The molecule has 3 unspecified atom stereocenters. The predicted octanol–water partition coefficient (Wildman–Crippen LogP) is 4.67. The summed E-state index contributed by atoms with van der Waals surface area (Å²) in [5, 5.41) is 0. The van der Waals surface area contributed by atoms with Crippen molar-refractivity contribution in [3.8, 4) is 11.8 Å². The zero-order valence-corrected chi connectivity index (χ0v) is 14.3. The molecule has 128 valence electrons. The van der Waals surface area contributed by atoms with Crippen LogP contribution in [-0.2, 0) is 9.53 Å². The molecule has 1 aliphatic carbocycles. The molecule has 1 rings (SSSR count). The van der Waals surface area contributed by atoms with Crippen LogP contribution in [0.15, 0.2) is 23.3 Å². The first-order valence-electron chi connectivity index (χ1n) is 7.44.